The van der Waals surface area contributed by atoms with Gasteiger partial charge in [0.15, 0.2) is 6.29 Å². The van der Waals surface area contributed by atoms with Crippen LogP contribution >= 0.6 is 11.3 Å². The van der Waals surface area contributed by atoms with Crippen molar-refractivity contribution < 1.29 is 4.79 Å². The van der Waals surface area contributed by atoms with Crippen LogP contribution in [0.15, 0.2) is 5.51 Å². The Bertz CT molecular complexity index is 258. The molecule has 0 aliphatic carbocycles. The van der Waals surface area contributed by atoms with E-state index in [4.69, 9.17) is 6.42 Å². The smallest absolute Gasteiger partial charge is 0.170 e. The van der Waals surface area contributed by atoms with Gasteiger partial charge in [-0.05, 0) is 0 Å². The zero-order valence-electron chi connectivity index (χ0n) is 4.50. The summed E-state index contributed by atoms with van der Waals surface area (Å²) in [7, 11) is 0. The molecule has 44 valence electrons. The average Bonchev–Trinajstić information content (AvgIpc) is 2.33. The highest BCUT2D eigenvalue weighted by atomic mass is 32.1. The number of nitrogens with zero attached hydrogens (tertiary/aromatic N) is 1. The van der Waals surface area contributed by atoms with Gasteiger partial charge in [0, 0.05) is 0 Å². The molecule has 0 aliphatic heterocycles. The molecule has 0 aromatic carbocycles. The van der Waals surface area contributed by atoms with Gasteiger partial charge in [-0.25, -0.2) is 4.98 Å². The fraction of sp³-hybridized carbons (Fsp3) is 0. The summed E-state index contributed by atoms with van der Waals surface area (Å²) >= 11 is 1.30. The molecular weight excluding hydrogens is 134 g/mol. The first-order valence-corrected chi connectivity index (χ1v) is 3.11. The minimum atomic E-state index is 0.363. The quantitative estimate of drug-likeness (QED) is 0.426. The zero-order chi connectivity index (χ0) is 6.69. The third-order valence-electron chi connectivity index (χ3n) is 0.838. The predicted octanol–water partition coefficient (Wildman–Crippen LogP) is 0.937. The highest BCUT2D eigenvalue weighted by Crippen LogP contribution is 2.07. The summed E-state index contributed by atoms with van der Waals surface area (Å²) in [6.07, 6.45) is 5.69. The van der Waals surface area contributed by atoms with Crippen LogP contribution in [0.25, 0.3) is 0 Å². The van der Waals surface area contributed by atoms with Gasteiger partial charge in [0.25, 0.3) is 0 Å². The van der Waals surface area contributed by atoms with Crippen LogP contribution in [-0.4, -0.2) is 11.3 Å². The van der Waals surface area contributed by atoms with Gasteiger partial charge < -0.3 is 0 Å². The van der Waals surface area contributed by atoms with Crippen LogP contribution in [0.2, 0.25) is 0 Å². The van der Waals surface area contributed by atoms with Gasteiger partial charge in [0.1, 0.15) is 10.6 Å². The second-order valence-electron chi connectivity index (χ2n) is 1.33. The summed E-state index contributed by atoms with van der Waals surface area (Å²) in [5, 5.41) is 0. The number of rotatable bonds is 1. The molecule has 1 aromatic rings. The molecule has 0 radical (unpaired) electrons. The molecule has 0 saturated heterocycles. The zero-order valence-corrected chi connectivity index (χ0v) is 5.31. The second kappa shape index (κ2) is 2.42. The van der Waals surface area contributed by atoms with E-state index in [-0.39, 0.29) is 0 Å². The Hall–Kier alpha value is -1.14. The van der Waals surface area contributed by atoms with Crippen molar-refractivity contribution in [1.29, 1.82) is 0 Å². The average molecular weight is 137 g/mol. The highest BCUT2D eigenvalue weighted by Gasteiger charge is 1.98. The Kier molecular flexibility index (Phi) is 1.61. The Labute approximate surface area is 56.5 Å². The predicted molar refractivity (Wildman–Crippen MR) is 35.4 cm³/mol. The fourth-order valence-electron chi connectivity index (χ4n) is 0.447. The van der Waals surface area contributed by atoms with Crippen molar-refractivity contribution in [2.24, 2.45) is 0 Å². The molecule has 0 fully saturated rings. The summed E-state index contributed by atoms with van der Waals surface area (Å²) < 4.78 is 0. The lowest BCUT2D eigenvalue weighted by molar-refractivity contribution is 0.111. The number of carbonyl (C=O) groups excluding carboxylic acids is 1. The summed E-state index contributed by atoms with van der Waals surface area (Å²) in [6.45, 7) is 0. The minimum Gasteiger partial charge on any atom is -0.296 e. The number of terminal acetylenes is 1. The summed E-state index contributed by atoms with van der Waals surface area (Å²) in [5.74, 6) is 2.35. The number of hydrogen-bond donors (Lipinski definition) is 0. The maximum Gasteiger partial charge on any atom is 0.170 e. The van der Waals surface area contributed by atoms with E-state index in [9.17, 15) is 4.79 Å². The van der Waals surface area contributed by atoms with E-state index in [0.29, 0.717) is 16.9 Å². The van der Waals surface area contributed by atoms with E-state index in [1.807, 2.05) is 0 Å². The first-order valence-electron chi connectivity index (χ1n) is 2.23. The van der Waals surface area contributed by atoms with Gasteiger partial charge in [0.05, 0.1) is 5.51 Å². The van der Waals surface area contributed by atoms with Crippen LogP contribution in [0.1, 0.15) is 15.4 Å². The van der Waals surface area contributed by atoms with Gasteiger partial charge >= 0.3 is 0 Å². The number of aldehydes is 1. The van der Waals surface area contributed by atoms with Crippen molar-refractivity contribution in [2.45, 2.75) is 0 Å². The van der Waals surface area contributed by atoms with Gasteiger partial charge in [-0.15, -0.1) is 17.8 Å². The molecule has 9 heavy (non-hydrogen) atoms. The maximum absolute atomic E-state index is 10.1. The first kappa shape index (κ1) is 5.99. The molecule has 0 aliphatic rings. The van der Waals surface area contributed by atoms with Gasteiger partial charge in [-0.3, -0.25) is 4.79 Å². The molecular formula is C6H3NOS. The molecule has 0 saturated carbocycles. The lowest BCUT2D eigenvalue weighted by Crippen LogP contribution is -1.80. The SMILES string of the molecule is C#Cc1scnc1C=O. The van der Waals surface area contributed by atoms with Crippen molar-refractivity contribution >= 4 is 17.6 Å². The molecule has 0 N–H and O–H groups in total. The van der Waals surface area contributed by atoms with Crippen molar-refractivity contribution in [1.82, 2.24) is 4.98 Å². The Morgan fingerprint density at radius 1 is 1.89 bits per heavy atom. The Morgan fingerprint density at radius 3 is 3.11 bits per heavy atom. The molecule has 0 unspecified atom stereocenters. The summed E-state index contributed by atoms with van der Waals surface area (Å²) in [4.78, 5) is 14.4. The summed E-state index contributed by atoms with van der Waals surface area (Å²) in [6, 6.07) is 0. The first-order chi connectivity index (χ1) is 4.38. The number of carbonyl (C=O) groups is 1. The third kappa shape index (κ3) is 0.980. The van der Waals surface area contributed by atoms with E-state index in [1.165, 1.54) is 11.3 Å². The van der Waals surface area contributed by atoms with Crippen LogP contribution in [-0.2, 0) is 0 Å². The Balaban J connectivity index is 3.17. The van der Waals surface area contributed by atoms with Crippen molar-refractivity contribution in [2.75, 3.05) is 0 Å². The molecule has 1 aromatic heterocycles. The van der Waals surface area contributed by atoms with E-state index in [1.54, 1.807) is 5.51 Å². The van der Waals surface area contributed by atoms with Crippen LogP contribution in [0.5, 0.6) is 0 Å². The molecule has 0 spiro atoms. The van der Waals surface area contributed by atoms with Crippen LogP contribution in [0.4, 0.5) is 0 Å². The monoisotopic (exact) mass is 137 g/mol. The van der Waals surface area contributed by atoms with Gasteiger partial charge in [0.2, 0.25) is 0 Å². The van der Waals surface area contributed by atoms with Gasteiger partial charge in [-0.2, -0.15) is 0 Å². The van der Waals surface area contributed by atoms with E-state index in [2.05, 4.69) is 10.9 Å². The summed E-state index contributed by atoms with van der Waals surface area (Å²) in [5.41, 5.74) is 1.92. The lowest BCUT2D eigenvalue weighted by Gasteiger charge is -1.76. The minimum absolute atomic E-state index is 0.363. The standard InChI is InChI=1S/C6H3NOS/c1-2-6-5(3-8)7-4-9-6/h1,3-4H. The van der Waals surface area contributed by atoms with E-state index < -0.39 is 0 Å². The molecule has 3 heteroatoms. The normalized spacial score (nSPS) is 8.33. The molecule has 0 atom stereocenters. The fourth-order valence-corrected chi connectivity index (χ4v) is 1.01. The van der Waals surface area contributed by atoms with Crippen LogP contribution in [0, 0.1) is 12.3 Å². The highest BCUT2D eigenvalue weighted by molar-refractivity contribution is 7.10. The van der Waals surface area contributed by atoms with Crippen molar-refractivity contribution in [3.05, 3.63) is 16.1 Å². The van der Waals surface area contributed by atoms with Crippen LogP contribution in [0.3, 0.4) is 0 Å². The second-order valence-corrected chi connectivity index (χ2v) is 2.18. The third-order valence-corrected chi connectivity index (χ3v) is 1.61. The Morgan fingerprint density at radius 2 is 2.67 bits per heavy atom. The lowest BCUT2D eigenvalue weighted by atomic mass is 10.4. The maximum atomic E-state index is 10.1. The largest absolute Gasteiger partial charge is 0.296 e. The van der Waals surface area contributed by atoms with E-state index in [0.717, 1.165) is 0 Å². The number of aromatic nitrogens is 1. The molecule has 0 amide bonds. The van der Waals surface area contributed by atoms with E-state index >= 15 is 0 Å². The van der Waals surface area contributed by atoms with Crippen LogP contribution < -0.4 is 0 Å². The number of hydrogen-bond acceptors (Lipinski definition) is 3. The van der Waals surface area contributed by atoms with Crippen molar-refractivity contribution in [3.63, 3.8) is 0 Å². The molecule has 2 nitrogen and oxygen atoms in total. The molecule has 0 bridgehead atoms. The molecule has 1 heterocycles. The van der Waals surface area contributed by atoms with Crippen molar-refractivity contribution in [3.8, 4) is 12.3 Å². The molecule has 1 rings (SSSR count). The number of thiazole rings is 1. The van der Waals surface area contributed by atoms with Gasteiger partial charge in [-0.1, -0.05) is 5.92 Å². The topological polar surface area (TPSA) is 30.0 Å².